The van der Waals surface area contributed by atoms with E-state index in [9.17, 15) is 8.42 Å². The number of hydrogen-bond donors (Lipinski definition) is 1. The van der Waals surface area contributed by atoms with E-state index in [1.54, 1.807) is 18.3 Å². The van der Waals surface area contributed by atoms with E-state index in [0.29, 0.717) is 16.8 Å². The second kappa shape index (κ2) is 3.72. The van der Waals surface area contributed by atoms with Crippen molar-refractivity contribution >= 4 is 15.7 Å². The lowest BCUT2D eigenvalue weighted by Crippen LogP contribution is -2.16. The quantitative estimate of drug-likeness (QED) is 0.918. The Morgan fingerprint density at radius 2 is 1.95 bits per heavy atom. The third kappa shape index (κ3) is 1.71. The third-order valence-electron chi connectivity index (χ3n) is 5.21. The Balaban J connectivity index is 1.59. The maximum absolute atomic E-state index is 11.8. The van der Waals surface area contributed by atoms with Gasteiger partial charge in [-0.25, -0.2) is 13.4 Å². The van der Waals surface area contributed by atoms with Crippen molar-refractivity contribution in [3.05, 3.63) is 18.3 Å². The minimum Gasteiger partial charge on any atom is -0.366 e. The lowest BCUT2D eigenvalue weighted by atomic mass is 10.0. The Morgan fingerprint density at radius 3 is 2.58 bits per heavy atom. The van der Waals surface area contributed by atoms with E-state index in [2.05, 4.69) is 10.3 Å². The maximum atomic E-state index is 11.8. The highest BCUT2D eigenvalue weighted by Crippen LogP contribution is 2.66. The molecule has 1 aromatic heterocycles. The minimum absolute atomic E-state index is 0.326. The van der Waals surface area contributed by atoms with E-state index in [4.69, 9.17) is 0 Å². The van der Waals surface area contributed by atoms with Crippen molar-refractivity contribution in [1.29, 1.82) is 0 Å². The number of anilines is 1. The fourth-order valence-corrected chi connectivity index (χ4v) is 5.26. The van der Waals surface area contributed by atoms with Gasteiger partial charge < -0.3 is 5.32 Å². The first kappa shape index (κ1) is 11.7. The topological polar surface area (TPSA) is 59.1 Å². The van der Waals surface area contributed by atoms with Crippen LogP contribution in [0, 0.1) is 23.7 Å². The summed E-state index contributed by atoms with van der Waals surface area (Å²) in [5.74, 6) is 3.83. The monoisotopic (exact) mass is 278 g/mol. The van der Waals surface area contributed by atoms with Crippen LogP contribution in [0.4, 0.5) is 5.82 Å². The predicted molar refractivity (Wildman–Crippen MR) is 72.6 cm³/mol. The van der Waals surface area contributed by atoms with Gasteiger partial charge in [-0.2, -0.15) is 0 Å². The standard InChI is InChI=1S/C14H18N2O2S/c1-19(17,18)10-3-2-6-15-14(10)16-13-11-8-4-5-9(7-8)12(11)13/h2-3,6,8-9,11-13H,4-5,7H2,1H3,(H,15,16). The molecule has 4 unspecified atom stereocenters. The van der Waals surface area contributed by atoms with Crippen LogP contribution >= 0.6 is 0 Å². The fourth-order valence-electron chi connectivity index (χ4n) is 4.47. The average Bonchev–Trinajstić information content (AvgIpc) is 2.77. The van der Waals surface area contributed by atoms with Crippen LogP contribution in [-0.2, 0) is 9.84 Å². The molecule has 4 nitrogen and oxygen atoms in total. The van der Waals surface area contributed by atoms with Crippen LogP contribution in [0.15, 0.2) is 23.2 Å². The summed E-state index contributed by atoms with van der Waals surface area (Å²) in [4.78, 5) is 4.56. The zero-order valence-electron chi connectivity index (χ0n) is 10.9. The highest BCUT2D eigenvalue weighted by molar-refractivity contribution is 7.90. The number of pyridine rings is 1. The fraction of sp³-hybridized carbons (Fsp3) is 0.643. The van der Waals surface area contributed by atoms with Crippen LogP contribution in [0.25, 0.3) is 0 Å². The van der Waals surface area contributed by atoms with Gasteiger partial charge in [-0.1, -0.05) is 0 Å². The van der Waals surface area contributed by atoms with Gasteiger partial charge in [-0.15, -0.1) is 0 Å². The zero-order valence-corrected chi connectivity index (χ0v) is 11.7. The summed E-state index contributed by atoms with van der Waals surface area (Å²) in [6.07, 6.45) is 7.03. The van der Waals surface area contributed by atoms with E-state index in [-0.39, 0.29) is 0 Å². The number of sulfone groups is 1. The van der Waals surface area contributed by atoms with E-state index < -0.39 is 9.84 Å². The molecule has 1 aromatic rings. The molecular formula is C14H18N2O2S. The summed E-state index contributed by atoms with van der Waals surface area (Å²) in [6, 6.07) is 3.78. The molecule has 2 bridgehead atoms. The number of nitrogens with one attached hydrogen (secondary N) is 1. The Bertz CT molecular complexity index is 612. The first-order valence-corrected chi connectivity index (χ1v) is 8.86. The molecule has 3 aliphatic carbocycles. The van der Waals surface area contributed by atoms with Crippen LogP contribution in [0.3, 0.4) is 0 Å². The Morgan fingerprint density at radius 1 is 1.26 bits per heavy atom. The molecule has 102 valence electrons. The van der Waals surface area contributed by atoms with Gasteiger partial charge in [-0.05, 0) is 55.1 Å². The number of fused-ring (bicyclic) bond motifs is 5. The maximum Gasteiger partial charge on any atom is 0.179 e. The van der Waals surface area contributed by atoms with Gasteiger partial charge in [0.15, 0.2) is 9.84 Å². The Hall–Kier alpha value is -1.10. The van der Waals surface area contributed by atoms with Crippen LogP contribution in [-0.4, -0.2) is 25.7 Å². The molecule has 4 rings (SSSR count). The molecular weight excluding hydrogens is 260 g/mol. The summed E-state index contributed by atoms with van der Waals surface area (Å²) < 4.78 is 23.5. The SMILES string of the molecule is CS(=O)(=O)c1cccnc1NC1C2C3CCC(C3)C12. The Kier molecular flexibility index (Phi) is 2.29. The molecule has 0 aliphatic heterocycles. The number of hydrogen-bond acceptors (Lipinski definition) is 4. The second-order valence-electron chi connectivity index (χ2n) is 6.28. The molecule has 5 heteroatoms. The van der Waals surface area contributed by atoms with Gasteiger partial charge in [0.1, 0.15) is 10.7 Å². The van der Waals surface area contributed by atoms with Gasteiger partial charge >= 0.3 is 0 Å². The molecule has 0 saturated heterocycles. The summed E-state index contributed by atoms with van der Waals surface area (Å²) in [6.45, 7) is 0. The molecule has 19 heavy (non-hydrogen) atoms. The smallest absolute Gasteiger partial charge is 0.179 e. The molecule has 3 saturated carbocycles. The highest BCUT2D eigenvalue weighted by Gasteiger charge is 2.65. The normalized spacial score (nSPS) is 39.1. The largest absolute Gasteiger partial charge is 0.366 e. The molecule has 0 aromatic carbocycles. The van der Waals surface area contributed by atoms with Crippen molar-refractivity contribution in [2.24, 2.45) is 23.7 Å². The highest BCUT2D eigenvalue weighted by atomic mass is 32.2. The van der Waals surface area contributed by atoms with Gasteiger partial charge in [0.05, 0.1) is 0 Å². The molecule has 0 spiro atoms. The molecule has 4 atom stereocenters. The molecule has 0 radical (unpaired) electrons. The van der Waals surface area contributed by atoms with Gasteiger partial charge in [0.2, 0.25) is 0 Å². The lowest BCUT2D eigenvalue weighted by molar-refractivity contribution is 0.456. The van der Waals surface area contributed by atoms with E-state index in [1.807, 2.05) is 0 Å². The molecule has 3 fully saturated rings. The first-order valence-electron chi connectivity index (χ1n) is 6.97. The lowest BCUT2D eigenvalue weighted by Gasteiger charge is -2.13. The Labute approximate surface area is 113 Å². The molecule has 0 amide bonds. The molecule has 1 heterocycles. The summed E-state index contributed by atoms with van der Waals surface area (Å²) in [5, 5.41) is 3.40. The van der Waals surface area contributed by atoms with Crippen LogP contribution < -0.4 is 5.32 Å². The summed E-state index contributed by atoms with van der Waals surface area (Å²) in [5.41, 5.74) is 0. The third-order valence-corrected chi connectivity index (χ3v) is 6.34. The van der Waals surface area contributed by atoms with E-state index in [1.165, 1.54) is 25.5 Å². The van der Waals surface area contributed by atoms with Crippen molar-refractivity contribution in [2.45, 2.75) is 30.2 Å². The first-order chi connectivity index (χ1) is 9.05. The number of aromatic nitrogens is 1. The number of nitrogens with zero attached hydrogens (tertiary/aromatic N) is 1. The van der Waals surface area contributed by atoms with Gasteiger partial charge in [0, 0.05) is 18.5 Å². The van der Waals surface area contributed by atoms with Crippen LogP contribution in [0.1, 0.15) is 19.3 Å². The average molecular weight is 278 g/mol. The van der Waals surface area contributed by atoms with E-state index >= 15 is 0 Å². The van der Waals surface area contributed by atoms with Gasteiger partial charge in [0.25, 0.3) is 0 Å². The van der Waals surface area contributed by atoms with Crippen LogP contribution in [0.2, 0.25) is 0 Å². The van der Waals surface area contributed by atoms with Crippen molar-refractivity contribution < 1.29 is 8.42 Å². The van der Waals surface area contributed by atoms with Crippen LogP contribution in [0.5, 0.6) is 0 Å². The molecule has 1 N–H and O–H groups in total. The van der Waals surface area contributed by atoms with Crippen molar-refractivity contribution in [2.75, 3.05) is 11.6 Å². The number of rotatable bonds is 3. The second-order valence-corrected chi connectivity index (χ2v) is 8.26. The minimum atomic E-state index is -3.21. The predicted octanol–water partition coefficient (Wildman–Crippen LogP) is 1.94. The summed E-state index contributed by atoms with van der Waals surface area (Å²) in [7, 11) is -3.21. The molecule has 3 aliphatic rings. The van der Waals surface area contributed by atoms with Crippen molar-refractivity contribution in [1.82, 2.24) is 4.98 Å². The summed E-state index contributed by atoms with van der Waals surface area (Å²) >= 11 is 0. The van der Waals surface area contributed by atoms with Gasteiger partial charge in [-0.3, -0.25) is 0 Å². The van der Waals surface area contributed by atoms with Crippen molar-refractivity contribution in [3.63, 3.8) is 0 Å². The van der Waals surface area contributed by atoms with E-state index in [0.717, 1.165) is 23.7 Å². The van der Waals surface area contributed by atoms with Crippen molar-refractivity contribution in [3.8, 4) is 0 Å². The zero-order chi connectivity index (χ0) is 13.2.